The topological polar surface area (TPSA) is 131 Å². The first-order valence-electron chi connectivity index (χ1n) is 9.90. The van der Waals surface area contributed by atoms with Gasteiger partial charge in [0.2, 0.25) is 0 Å². The van der Waals surface area contributed by atoms with Crippen molar-refractivity contribution in [3.8, 4) is 11.3 Å². The number of urea groups is 1. The number of hydrazine groups is 1. The van der Waals surface area contributed by atoms with Crippen LogP contribution < -0.4 is 10.7 Å². The molecule has 10 heteroatoms. The molecular weight excluding hydrogens is 416 g/mol. The highest BCUT2D eigenvalue weighted by molar-refractivity contribution is 6.07. The van der Waals surface area contributed by atoms with Crippen molar-refractivity contribution in [2.75, 3.05) is 6.61 Å². The zero-order valence-electron chi connectivity index (χ0n) is 17.4. The molecule has 1 fully saturated rings. The zero-order chi connectivity index (χ0) is 22.9. The van der Waals surface area contributed by atoms with Crippen molar-refractivity contribution in [1.29, 1.82) is 0 Å². The van der Waals surface area contributed by atoms with Gasteiger partial charge in [0.05, 0.1) is 10.9 Å². The summed E-state index contributed by atoms with van der Waals surface area (Å²) in [6, 6.07) is 13.2. The van der Waals surface area contributed by atoms with Gasteiger partial charge >= 0.3 is 12.0 Å². The lowest BCUT2D eigenvalue weighted by Gasteiger charge is -2.19. The Hall–Kier alpha value is -4.21. The molecule has 32 heavy (non-hydrogen) atoms. The molecule has 2 N–H and O–H groups in total. The highest BCUT2D eigenvalue weighted by atomic mass is 16.5. The van der Waals surface area contributed by atoms with Crippen LogP contribution in [0.15, 0.2) is 53.1 Å². The minimum Gasteiger partial charge on any atom is -0.452 e. The van der Waals surface area contributed by atoms with E-state index in [1.54, 1.807) is 26.0 Å². The number of rotatable bonds is 6. The van der Waals surface area contributed by atoms with Crippen LogP contribution in [-0.2, 0) is 14.3 Å². The highest BCUT2D eigenvalue weighted by Crippen LogP contribution is 2.29. The van der Waals surface area contributed by atoms with Crippen LogP contribution in [0.4, 0.5) is 4.79 Å². The van der Waals surface area contributed by atoms with Crippen molar-refractivity contribution >= 4 is 34.7 Å². The van der Waals surface area contributed by atoms with Crippen molar-refractivity contribution in [3.05, 3.63) is 54.1 Å². The summed E-state index contributed by atoms with van der Waals surface area (Å²) in [4.78, 5) is 48.9. The second-order valence-corrected chi connectivity index (χ2v) is 7.48. The fourth-order valence-electron chi connectivity index (χ4n) is 3.26. The maximum atomic E-state index is 12.5. The molecule has 4 rings (SSSR count). The predicted molar refractivity (Wildman–Crippen MR) is 112 cm³/mol. The summed E-state index contributed by atoms with van der Waals surface area (Å²) in [6.07, 6.45) is 0.356. The van der Waals surface area contributed by atoms with Crippen LogP contribution in [0, 0.1) is 0 Å². The van der Waals surface area contributed by atoms with Gasteiger partial charge in [-0.2, -0.15) is 5.01 Å². The molecule has 1 aromatic heterocycles. The Kier molecular flexibility index (Phi) is 5.35. The second-order valence-electron chi connectivity index (χ2n) is 7.48. The van der Waals surface area contributed by atoms with Gasteiger partial charge in [0.15, 0.2) is 12.4 Å². The van der Waals surface area contributed by atoms with E-state index >= 15 is 0 Å². The van der Waals surface area contributed by atoms with Gasteiger partial charge in [-0.25, -0.2) is 9.59 Å². The normalized spacial score (nSPS) is 18.0. The molecule has 2 aromatic carbocycles. The molecule has 1 aliphatic rings. The Morgan fingerprint density at radius 3 is 2.62 bits per heavy atom. The number of nitrogens with zero attached hydrogens (tertiary/aromatic N) is 2. The summed E-state index contributed by atoms with van der Waals surface area (Å²) in [5.74, 6) is -1.65. The van der Waals surface area contributed by atoms with Gasteiger partial charge < -0.3 is 14.6 Å². The molecule has 0 spiro atoms. The zero-order valence-corrected chi connectivity index (χ0v) is 17.4. The van der Waals surface area contributed by atoms with Crippen molar-refractivity contribution in [2.24, 2.45) is 0 Å². The lowest BCUT2D eigenvalue weighted by Crippen LogP contribution is -2.49. The van der Waals surface area contributed by atoms with E-state index in [0.717, 1.165) is 5.56 Å². The Bertz CT molecular complexity index is 1220. The van der Waals surface area contributed by atoms with Gasteiger partial charge in [-0.1, -0.05) is 42.4 Å². The van der Waals surface area contributed by atoms with Gasteiger partial charge in [-0.3, -0.25) is 15.0 Å². The standard InChI is InChI=1S/C22H20N4O6/c1-3-22(2)20(29)26(21(30)23-22)24-17(27)12-31-19(28)14-9-10-16-15(11-14)18(32-25-16)13-7-5-4-6-8-13/h4-11H,3,12H2,1-2H3,(H,23,30)(H,24,27). The minimum atomic E-state index is -1.09. The van der Waals surface area contributed by atoms with E-state index in [2.05, 4.69) is 15.9 Å². The van der Waals surface area contributed by atoms with Gasteiger partial charge in [-0.15, -0.1) is 0 Å². The largest absolute Gasteiger partial charge is 0.452 e. The monoisotopic (exact) mass is 436 g/mol. The van der Waals surface area contributed by atoms with E-state index in [-0.39, 0.29) is 5.56 Å². The number of imide groups is 1. The van der Waals surface area contributed by atoms with Gasteiger partial charge in [-0.05, 0) is 31.5 Å². The van der Waals surface area contributed by atoms with E-state index in [1.165, 1.54) is 6.07 Å². The fourth-order valence-corrected chi connectivity index (χ4v) is 3.26. The molecule has 1 unspecified atom stereocenters. The third kappa shape index (κ3) is 3.78. The van der Waals surface area contributed by atoms with Crippen molar-refractivity contribution in [2.45, 2.75) is 25.8 Å². The third-order valence-corrected chi connectivity index (χ3v) is 5.29. The predicted octanol–water partition coefficient (Wildman–Crippen LogP) is 2.40. The Labute approximate surface area is 182 Å². The van der Waals surface area contributed by atoms with Crippen molar-refractivity contribution in [1.82, 2.24) is 20.9 Å². The van der Waals surface area contributed by atoms with E-state index < -0.39 is 36.0 Å². The molecule has 10 nitrogen and oxygen atoms in total. The first-order valence-corrected chi connectivity index (χ1v) is 9.90. The number of hydrogen-bond donors (Lipinski definition) is 2. The lowest BCUT2D eigenvalue weighted by molar-refractivity contribution is -0.139. The van der Waals surface area contributed by atoms with Crippen LogP contribution in [0.1, 0.15) is 30.6 Å². The van der Waals surface area contributed by atoms with E-state index in [4.69, 9.17) is 9.26 Å². The van der Waals surface area contributed by atoms with Crippen LogP contribution in [0.25, 0.3) is 22.2 Å². The summed E-state index contributed by atoms with van der Waals surface area (Å²) < 4.78 is 10.5. The number of aromatic nitrogens is 1. The Balaban J connectivity index is 1.43. The third-order valence-electron chi connectivity index (χ3n) is 5.29. The summed E-state index contributed by atoms with van der Waals surface area (Å²) in [6.45, 7) is 2.62. The molecule has 3 aromatic rings. The molecule has 2 heterocycles. The first-order chi connectivity index (χ1) is 15.3. The van der Waals surface area contributed by atoms with Gasteiger partial charge in [0.1, 0.15) is 11.1 Å². The SMILES string of the molecule is CCC1(C)NC(=O)N(NC(=O)COC(=O)c2ccc3noc(-c4ccccc4)c3c2)C1=O. The number of benzene rings is 2. The van der Waals surface area contributed by atoms with E-state index in [0.29, 0.717) is 28.1 Å². The number of carbonyl (C=O) groups excluding carboxylic acids is 4. The van der Waals surface area contributed by atoms with E-state index in [1.807, 2.05) is 30.3 Å². The van der Waals surface area contributed by atoms with E-state index in [9.17, 15) is 19.2 Å². The number of esters is 1. The maximum absolute atomic E-state index is 12.5. The van der Waals surface area contributed by atoms with Crippen molar-refractivity contribution in [3.63, 3.8) is 0 Å². The maximum Gasteiger partial charge on any atom is 0.344 e. The van der Waals surface area contributed by atoms with Crippen molar-refractivity contribution < 1.29 is 28.4 Å². The van der Waals surface area contributed by atoms with Crippen LogP contribution in [0.3, 0.4) is 0 Å². The Morgan fingerprint density at radius 1 is 1.19 bits per heavy atom. The number of hydrogen-bond acceptors (Lipinski definition) is 7. The molecule has 0 radical (unpaired) electrons. The fraction of sp³-hybridized carbons (Fsp3) is 0.227. The second kappa shape index (κ2) is 8.14. The molecule has 0 aliphatic carbocycles. The number of fused-ring (bicyclic) bond motifs is 1. The molecule has 1 aliphatic heterocycles. The lowest BCUT2D eigenvalue weighted by atomic mass is 10.00. The average Bonchev–Trinajstić information content (AvgIpc) is 3.32. The average molecular weight is 436 g/mol. The van der Waals surface area contributed by atoms with Gasteiger partial charge in [0.25, 0.3) is 11.8 Å². The smallest absolute Gasteiger partial charge is 0.344 e. The van der Waals surface area contributed by atoms with Crippen LogP contribution in [0.5, 0.6) is 0 Å². The molecule has 164 valence electrons. The molecule has 1 atom stereocenters. The van der Waals surface area contributed by atoms with Crippen LogP contribution in [0.2, 0.25) is 0 Å². The summed E-state index contributed by atoms with van der Waals surface area (Å²) >= 11 is 0. The highest BCUT2D eigenvalue weighted by Gasteiger charge is 2.47. The molecule has 4 amide bonds. The quantitative estimate of drug-likeness (QED) is 0.448. The molecule has 0 saturated carbocycles. The summed E-state index contributed by atoms with van der Waals surface area (Å²) in [5.41, 5.74) is 2.63. The number of nitrogens with one attached hydrogen (secondary N) is 2. The Morgan fingerprint density at radius 2 is 1.94 bits per heavy atom. The van der Waals surface area contributed by atoms with Crippen LogP contribution >= 0.6 is 0 Å². The molecular formula is C22H20N4O6. The van der Waals surface area contributed by atoms with Gasteiger partial charge in [0, 0.05) is 5.56 Å². The molecule has 0 bridgehead atoms. The first kappa shape index (κ1) is 21.0. The molecule has 1 saturated heterocycles. The number of carbonyl (C=O) groups is 4. The number of amides is 4. The summed E-state index contributed by atoms with van der Waals surface area (Å²) in [7, 11) is 0. The minimum absolute atomic E-state index is 0.194. The number of ether oxygens (including phenoxy) is 1. The summed E-state index contributed by atoms with van der Waals surface area (Å²) in [5, 5.41) is 7.71. The van der Waals surface area contributed by atoms with Crippen LogP contribution in [-0.4, -0.2) is 46.1 Å².